The fourth-order valence-corrected chi connectivity index (χ4v) is 7.12. The maximum absolute atomic E-state index is 5.14. The highest BCUT2D eigenvalue weighted by molar-refractivity contribution is 6.26. The van der Waals surface area contributed by atoms with Gasteiger partial charge < -0.3 is 0 Å². The van der Waals surface area contributed by atoms with Crippen LogP contribution in [0.5, 0.6) is 0 Å². The van der Waals surface area contributed by atoms with E-state index in [1.807, 2.05) is 66.9 Å². The third-order valence-corrected chi connectivity index (χ3v) is 9.83. The maximum atomic E-state index is 5.14. The molecule has 0 spiro atoms. The highest BCUT2D eigenvalue weighted by Gasteiger charge is 2.18. The molecule has 2 heterocycles. The SMILES string of the molecule is C=N/C(=C\C=C(/C)c1ccccn1)c1ccc2ccc3c(-c4nc(-c5ccccc5)nc(-c5ccc(-c6ccccc6)cc5)n4)ccc4ccc1c2c43. The van der Waals surface area contributed by atoms with E-state index in [2.05, 4.69) is 127 Å². The van der Waals surface area contributed by atoms with E-state index < -0.39 is 0 Å². The Labute approximate surface area is 307 Å². The largest absolute Gasteiger partial charge is 0.264 e. The number of hydrogen-bond acceptors (Lipinski definition) is 5. The summed E-state index contributed by atoms with van der Waals surface area (Å²) in [6.45, 7) is 6.01. The van der Waals surface area contributed by atoms with Gasteiger partial charge in [-0.2, -0.15) is 0 Å². The Morgan fingerprint density at radius 3 is 1.74 bits per heavy atom. The lowest BCUT2D eigenvalue weighted by Crippen LogP contribution is -2.01. The third kappa shape index (κ3) is 5.94. The van der Waals surface area contributed by atoms with Gasteiger partial charge in [-0.1, -0.05) is 140 Å². The molecule has 9 rings (SSSR count). The molecule has 0 saturated heterocycles. The van der Waals surface area contributed by atoms with Crippen molar-refractivity contribution in [2.24, 2.45) is 4.99 Å². The summed E-state index contributed by atoms with van der Waals surface area (Å²) in [6.07, 6.45) is 5.89. The lowest BCUT2D eigenvalue weighted by Gasteiger charge is -2.16. The Balaban J connectivity index is 1.20. The molecule has 0 amide bonds. The van der Waals surface area contributed by atoms with Crippen molar-refractivity contribution in [3.8, 4) is 45.3 Å². The van der Waals surface area contributed by atoms with Gasteiger partial charge in [0.25, 0.3) is 0 Å². The monoisotopic (exact) mass is 679 g/mol. The van der Waals surface area contributed by atoms with Crippen LogP contribution in [0.3, 0.4) is 0 Å². The van der Waals surface area contributed by atoms with Crippen LogP contribution in [0.4, 0.5) is 0 Å². The molecular formula is C48H33N5. The van der Waals surface area contributed by atoms with Gasteiger partial charge in [-0.3, -0.25) is 9.98 Å². The lowest BCUT2D eigenvalue weighted by atomic mass is 9.89. The van der Waals surface area contributed by atoms with Crippen molar-refractivity contribution in [2.75, 3.05) is 0 Å². The smallest absolute Gasteiger partial charge is 0.164 e. The summed E-state index contributed by atoms with van der Waals surface area (Å²) >= 11 is 0. The van der Waals surface area contributed by atoms with Crippen LogP contribution < -0.4 is 0 Å². The van der Waals surface area contributed by atoms with Crippen molar-refractivity contribution in [1.82, 2.24) is 19.9 Å². The average Bonchev–Trinajstić information content (AvgIpc) is 3.24. The molecule has 0 aliphatic heterocycles. The fraction of sp³-hybridized carbons (Fsp3) is 0.0208. The van der Waals surface area contributed by atoms with Crippen molar-refractivity contribution in [3.05, 3.63) is 181 Å². The Bertz CT molecular complexity index is 2820. The number of aromatic nitrogens is 4. The molecule has 2 aromatic heterocycles. The van der Waals surface area contributed by atoms with Crippen LogP contribution in [0, 0.1) is 0 Å². The topological polar surface area (TPSA) is 63.9 Å². The summed E-state index contributed by atoms with van der Waals surface area (Å²) in [4.78, 5) is 24.2. The molecular weight excluding hydrogens is 647 g/mol. The molecule has 0 bridgehead atoms. The molecule has 250 valence electrons. The van der Waals surface area contributed by atoms with Crippen LogP contribution in [0.15, 0.2) is 175 Å². The number of pyridine rings is 1. The molecule has 0 fully saturated rings. The Morgan fingerprint density at radius 2 is 1.06 bits per heavy atom. The zero-order chi connectivity index (χ0) is 35.7. The van der Waals surface area contributed by atoms with E-state index in [4.69, 9.17) is 15.0 Å². The second kappa shape index (κ2) is 13.5. The molecule has 0 aliphatic carbocycles. The molecule has 53 heavy (non-hydrogen) atoms. The summed E-state index contributed by atoms with van der Waals surface area (Å²) < 4.78 is 0. The fourth-order valence-electron chi connectivity index (χ4n) is 7.12. The first-order valence-electron chi connectivity index (χ1n) is 17.6. The van der Waals surface area contributed by atoms with Crippen LogP contribution in [0.25, 0.3) is 88.9 Å². The van der Waals surface area contributed by atoms with Crippen LogP contribution >= 0.6 is 0 Å². The lowest BCUT2D eigenvalue weighted by molar-refractivity contribution is 1.08. The van der Waals surface area contributed by atoms with Crippen LogP contribution in [0.1, 0.15) is 18.2 Å². The molecule has 0 N–H and O–H groups in total. The van der Waals surface area contributed by atoms with Gasteiger partial charge in [0.15, 0.2) is 17.5 Å². The normalized spacial score (nSPS) is 12.2. The number of rotatable bonds is 8. The number of hydrogen-bond donors (Lipinski definition) is 0. The molecule has 0 atom stereocenters. The molecule has 9 aromatic rings. The van der Waals surface area contributed by atoms with Gasteiger partial charge in [-0.15, -0.1) is 0 Å². The Kier molecular flexibility index (Phi) is 8.14. The van der Waals surface area contributed by atoms with E-state index in [9.17, 15) is 0 Å². The van der Waals surface area contributed by atoms with Crippen molar-refractivity contribution >= 4 is 50.3 Å². The number of nitrogens with zero attached hydrogens (tertiary/aromatic N) is 5. The molecule has 0 radical (unpaired) electrons. The number of aliphatic imine (C=N–C) groups is 1. The van der Waals surface area contributed by atoms with Crippen molar-refractivity contribution < 1.29 is 0 Å². The third-order valence-electron chi connectivity index (χ3n) is 9.83. The van der Waals surface area contributed by atoms with Crippen molar-refractivity contribution in [2.45, 2.75) is 6.92 Å². The first-order valence-corrected chi connectivity index (χ1v) is 17.6. The van der Waals surface area contributed by atoms with E-state index in [-0.39, 0.29) is 0 Å². The van der Waals surface area contributed by atoms with Crippen LogP contribution in [-0.2, 0) is 0 Å². The van der Waals surface area contributed by atoms with E-state index >= 15 is 0 Å². The second-order valence-electron chi connectivity index (χ2n) is 13.0. The van der Waals surface area contributed by atoms with Gasteiger partial charge in [0.05, 0.1) is 11.4 Å². The van der Waals surface area contributed by atoms with E-state index in [1.165, 1.54) is 16.3 Å². The zero-order valence-electron chi connectivity index (χ0n) is 29.1. The minimum atomic E-state index is 0.627. The number of benzene rings is 7. The van der Waals surface area contributed by atoms with Gasteiger partial charge in [0.2, 0.25) is 0 Å². The van der Waals surface area contributed by atoms with Crippen LogP contribution in [0.2, 0.25) is 0 Å². The predicted octanol–water partition coefficient (Wildman–Crippen LogP) is 12.0. The average molecular weight is 680 g/mol. The molecule has 5 nitrogen and oxygen atoms in total. The number of allylic oxidation sites excluding steroid dienone is 3. The van der Waals surface area contributed by atoms with Gasteiger partial charge in [0, 0.05) is 28.5 Å². The van der Waals surface area contributed by atoms with Gasteiger partial charge in [-0.05, 0) is 86.9 Å². The van der Waals surface area contributed by atoms with E-state index in [0.29, 0.717) is 17.5 Å². The quantitative estimate of drug-likeness (QED) is 0.0911. The summed E-state index contributed by atoms with van der Waals surface area (Å²) in [5.41, 5.74) is 8.91. The standard InChI is InChI=1S/C48H33N5/c1-31(42-15-9-10-30-50-42)16-29-43(49-2)38-25-21-34-23-27-40-41(28-24-35-22-26-39(38)44(34)45(35)40)48-52-46(36-13-7-4-8-14-36)51-47(53-48)37-19-17-33(18-20-37)32-11-5-3-6-12-32/h3-30H,2H2,1H3/b31-16+,43-29-. The molecule has 0 unspecified atom stereocenters. The van der Waals surface area contributed by atoms with Crippen molar-refractivity contribution in [1.29, 1.82) is 0 Å². The molecule has 5 heteroatoms. The van der Waals surface area contributed by atoms with E-state index in [0.717, 1.165) is 66.3 Å². The summed E-state index contributed by atoms with van der Waals surface area (Å²) in [5.74, 6) is 1.89. The first-order chi connectivity index (χ1) is 26.1. The Morgan fingerprint density at radius 1 is 0.509 bits per heavy atom. The second-order valence-corrected chi connectivity index (χ2v) is 13.0. The zero-order valence-corrected chi connectivity index (χ0v) is 29.1. The Hall–Kier alpha value is -7.11. The molecule has 0 aliphatic rings. The highest BCUT2D eigenvalue weighted by atomic mass is 15.0. The summed E-state index contributed by atoms with van der Waals surface area (Å²) in [6, 6.07) is 52.2. The summed E-state index contributed by atoms with van der Waals surface area (Å²) in [7, 11) is 0. The highest BCUT2D eigenvalue weighted by Crippen LogP contribution is 2.41. The molecule has 0 saturated carbocycles. The van der Waals surface area contributed by atoms with Crippen molar-refractivity contribution in [3.63, 3.8) is 0 Å². The summed E-state index contributed by atoms with van der Waals surface area (Å²) in [5, 5.41) is 6.83. The maximum Gasteiger partial charge on any atom is 0.164 e. The predicted molar refractivity (Wildman–Crippen MR) is 221 cm³/mol. The van der Waals surface area contributed by atoms with Gasteiger partial charge in [-0.25, -0.2) is 15.0 Å². The minimum Gasteiger partial charge on any atom is -0.264 e. The minimum absolute atomic E-state index is 0.627. The van der Waals surface area contributed by atoms with Gasteiger partial charge >= 0.3 is 0 Å². The molecule has 7 aromatic carbocycles. The van der Waals surface area contributed by atoms with Gasteiger partial charge in [0.1, 0.15) is 0 Å². The van der Waals surface area contributed by atoms with E-state index in [1.54, 1.807) is 0 Å². The van der Waals surface area contributed by atoms with Crippen LogP contribution in [-0.4, -0.2) is 26.7 Å². The first kappa shape index (κ1) is 31.8.